The molecule has 0 spiro atoms. The van der Waals surface area contributed by atoms with Gasteiger partial charge in [0.2, 0.25) is 11.6 Å². The predicted octanol–water partition coefficient (Wildman–Crippen LogP) is -2.54. The molecule has 0 N–H and O–H groups in total. The van der Waals surface area contributed by atoms with E-state index in [4.69, 9.17) is 9.47 Å². The molecule has 2 heterocycles. The number of likely N-dealkylation sites (N-methyl/N-ethyl adjacent to an activating group) is 2. The van der Waals surface area contributed by atoms with Crippen molar-refractivity contribution >= 4 is 11.6 Å². The van der Waals surface area contributed by atoms with Crippen LogP contribution < -0.4 is 34.0 Å². The van der Waals surface area contributed by atoms with Gasteiger partial charge in [0.15, 0.2) is 0 Å². The molecule has 4 atom stereocenters. The summed E-state index contributed by atoms with van der Waals surface area (Å²) in [5, 5.41) is 0. The second kappa shape index (κ2) is 12.9. The molecule has 36 heavy (non-hydrogen) atoms. The summed E-state index contributed by atoms with van der Waals surface area (Å²) in [6, 6.07) is 15.9. The first-order valence-corrected chi connectivity index (χ1v) is 12.3. The van der Waals surface area contributed by atoms with Gasteiger partial charge in [0, 0.05) is 11.1 Å². The molecule has 6 nitrogen and oxygen atoms in total. The van der Waals surface area contributed by atoms with Crippen molar-refractivity contribution < 1.29 is 62.0 Å². The van der Waals surface area contributed by atoms with Gasteiger partial charge in [-0.3, -0.25) is 9.59 Å². The lowest BCUT2D eigenvalue weighted by Crippen LogP contribution is -3.00. The van der Waals surface area contributed by atoms with Gasteiger partial charge >= 0.3 is 0 Å². The number of carbonyl (C=O) groups excluding carboxylic acids is 2. The van der Waals surface area contributed by atoms with Crippen LogP contribution in [0.3, 0.4) is 0 Å². The second-order valence-electron chi connectivity index (χ2n) is 10.7. The smallest absolute Gasteiger partial charge is 0.216 e. The van der Waals surface area contributed by atoms with Gasteiger partial charge in [-0.2, -0.15) is 0 Å². The lowest BCUT2D eigenvalue weighted by molar-refractivity contribution is -0.931. The predicted molar refractivity (Wildman–Crippen MR) is 133 cm³/mol. The molecule has 0 aliphatic carbocycles. The average Bonchev–Trinajstić information content (AvgIpc) is 2.81. The molecule has 2 aromatic carbocycles. The van der Waals surface area contributed by atoms with E-state index < -0.39 is 0 Å². The van der Waals surface area contributed by atoms with Crippen LogP contribution in [0, 0.1) is 0 Å². The largest absolute Gasteiger partial charge is 1.00 e. The number of benzene rings is 2. The first kappa shape index (κ1) is 30.8. The SMILES string of the molecule is CC1C[N+](C)(CC(=O)c2ccc(-c3ccc(C(=O)C[N+]4(C)CCOCC4C)cc3)cc2)CCO1.[Br-].[Br-]. The van der Waals surface area contributed by atoms with Crippen LogP contribution in [0.4, 0.5) is 0 Å². The molecular weight excluding hydrogens is 588 g/mol. The Kier molecular flexibility index (Phi) is 11.0. The molecule has 4 unspecified atom stereocenters. The van der Waals surface area contributed by atoms with E-state index in [-0.39, 0.29) is 51.6 Å². The summed E-state index contributed by atoms with van der Waals surface area (Å²) in [6.45, 7) is 9.89. The Labute approximate surface area is 236 Å². The molecule has 2 fully saturated rings. The van der Waals surface area contributed by atoms with Gasteiger partial charge < -0.3 is 52.4 Å². The van der Waals surface area contributed by atoms with E-state index in [0.29, 0.717) is 39.0 Å². The molecule has 2 aromatic rings. The van der Waals surface area contributed by atoms with Gasteiger partial charge in [-0.05, 0) is 25.0 Å². The van der Waals surface area contributed by atoms with Crippen molar-refractivity contribution in [2.45, 2.75) is 26.0 Å². The van der Waals surface area contributed by atoms with Gasteiger partial charge in [-0.25, -0.2) is 0 Å². The van der Waals surface area contributed by atoms with Gasteiger partial charge in [-0.1, -0.05) is 48.5 Å². The van der Waals surface area contributed by atoms with Crippen LogP contribution in [-0.4, -0.2) is 99.3 Å². The maximum absolute atomic E-state index is 12.9. The molecule has 0 radical (unpaired) electrons. The molecule has 8 heteroatoms. The third kappa shape index (κ3) is 7.33. The summed E-state index contributed by atoms with van der Waals surface area (Å²) >= 11 is 0. The summed E-state index contributed by atoms with van der Waals surface area (Å²) in [4.78, 5) is 25.8. The number of ether oxygens (including phenoxy) is 2. The summed E-state index contributed by atoms with van der Waals surface area (Å²) in [5.41, 5.74) is 3.56. The van der Waals surface area contributed by atoms with Crippen LogP contribution in [0.15, 0.2) is 48.5 Å². The van der Waals surface area contributed by atoms with Crippen LogP contribution in [0.25, 0.3) is 11.1 Å². The zero-order chi connectivity index (χ0) is 24.3. The van der Waals surface area contributed by atoms with Gasteiger partial charge in [-0.15, -0.1) is 0 Å². The number of nitrogens with zero attached hydrogens (tertiary/aromatic N) is 2. The third-order valence-electron chi connectivity index (χ3n) is 7.68. The number of halogens is 2. The standard InChI is InChI=1S/C28H38N2O4.2BrH/c1-21-20-33-15-14-30(21,4)19-28(32)26-11-7-24(8-12-26)23-5-9-25(10-6-23)27(31)18-29(3)13-16-34-22(2)17-29;;/h5-12,21-22H,13-20H2,1-4H3;2*1H/q+2;;/p-2. The lowest BCUT2D eigenvalue weighted by Gasteiger charge is -2.42. The van der Waals surface area contributed by atoms with Crippen LogP contribution in [0.1, 0.15) is 34.6 Å². The Balaban J connectivity index is 0.00000228. The minimum atomic E-state index is 0. The van der Waals surface area contributed by atoms with Crippen molar-refractivity contribution in [2.75, 3.05) is 66.6 Å². The Morgan fingerprint density at radius 3 is 1.83 bits per heavy atom. The summed E-state index contributed by atoms with van der Waals surface area (Å²) in [7, 11) is 4.28. The fourth-order valence-electron chi connectivity index (χ4n) is 5.10. The highest BCUT2D eigenvalue weighted by atomic mass is 79.9. The maximum Gasteiger partial charge on any atom is 0.216 e. The van der Waals surface area contributed by atoms with Crippen molar-refractivity contribution in [1.29, 1.82) is 0 Å². The van der Waals surface area contributed by atoms with Crippen LogP contribution in [0.5, 0.6) is 0 Å². The van der Waals surface area contributed by atoms with E-state index in [0.717, 1.165) is 50.9 Å². The Hall–Kier alpha value is -1.42. The lowest BCUT2D eigenvalue weighted by atomic mass is 9.99. The van der Waals surface area contributed by atoms with E-state index >= 15 is 0 Å². The van der Waals surface area contributed by atoms with E-state index in [1.807, 2.05) is 48.5 Å². The molecule has 0 aromatic heterocycles. The van der Waals surface area contributed by atoms with Crippen LogP contribution in [0.2, 0.25) is 0 Å². The molecule has 2 saturated heterocycles. The van der Waals surface area contributed by atoms with Crippen molar-refractivity contribution in [3.8, 4) is 11.1 Å². The molecule has 0 bridgehead atoms. The van der Waals surface area contributed by atoms with Crippen LogP contribution >= 0.6 is 0 Å². The maximum atomic E-state index is 12.9. The fourth-order valence-corrected chi connectivity index (χ4v) is 5.10. The number of morpholine rings is 2. The van der Waals surface area contributed by atoms with Crippen LogP contribution in [-0.2, 0) is 9.47 Å². The van der Waals surface area contributed by atoms with E-state index in [1.54, 1.807) is 0 Å². The molecule has 4 rings (SSSR count). The van der Waals surface area contributed by atoms with Gasteiger partial charge in [0.05, 0.1) is 33.9 Å². The van der Waals surface area contributed by atoms with Gasteiger partial charge in [0.1, 0.15) is 44.9 Å². The zero-order valence-electron chi connectivity index (χ0n) is 21.7. The summed E-state index contributed by atoms with van der Waals surface area (Å²) in [5.74, 6) is 0.329. The molecule has 0 saturated carbocycles. The Morgan fingerprint density at radius 1 is 0.806 bits per heavy atom. The number of hydrogen-bond donors (Lipinski definition) is 0. The minimum absolute atomic E-state index is 0. The number of carbonyl (C=O) groups is 2. The average molecular weight is 626 g/mol. The minimum Gasteiger partial charge on any atom is -1.00 e. The Bertz CT molecular complexity index is 1030. The highest BCUT2D eigenvalue weighted by Crippen LogP contribution is 2.23. The summed E-state index contributed by atoms with van der Waals surface area (Å²) < 4.78 is 12.6. The van der Waals surface area contributed by atoms with E-state index in [9.17, 15) is 9.59 Å². The fraction of sp³-hybridized carbons (Fsp3) is 0.500. The van der Waals surface area contributed by atoms with Gasteiger partial charge in [0.25, 0.3) is 0 Å². The topological polar surface area (TPSA) is 52.6 Å². The quantitative estimate of drug-likeness (QED) is 0.251. The van der Waals surface area contributed by atoms with E-state index in [1.165, 1.54) is 0 Å². The van der Waals surface area contributed by atoms with E-state index in [2.05, 4.69) is 27.9 Å². The first-order valence-electron chi connectivity index (χ1n) is 12.3. The molecule has 2 aliphatic rings. The number of ketones is 2. The molecule has 198 valence electrons. The number of hydrogen-bond acceptors (Lipinski definition) is 4. The van der Waals surface area contributed by atoms with Crippen molar-refractivity contribution in [2.24, 2.45) is 0 Å². The highest BCUT2D eigenvalue weighted by Gasteiger charge is 2.35. The first-order chi connectivity index (χ1) is 16.2. The monoisotopic (exact) mass is 624 g/mol. The number of Topliss-reactive ketones (excluding diaryl/α,β-unsaturated/α-hetero) is 2. The summed E-state index contributed by atoms with van der Waals surface area (Å²) in [6.07, 6.45) is 0.186. The molecule has 2 aliphatic heterocycles. The number of quaternary nitrogens is 2. The third-order valence-corrected chi connectivity index (χ3v) is 7.68. The normalized spacial score (nSPS) is 27.9. The zero-order valence-corrected chi connectivity index (χ0v) is 24.9. The highest BCUT2D eigenvalue weighted by molar-refractivity contribution is 5.98. The number of rotatable bonds is 7. The van der Waals surface area contributed by atoms with Crippen molar-refractivity contribution in [1.82, 2.24) is 0 Å². The van der Waals surface area contributed by atoms with Crippen molar-refractivity contribution in [3.05, 3.63) is 59.7 Å². The Morgan fingerprint density at radius 2 is 1.33 bits per heavy atom. The van der Waals surface area contributed by atoms with Crippen molar-refractivity contribution in [3.63, 3.8) is 0 Å². The molecule has 0 amide bonds. The molecular formula is C28H38Br2N2O4. The second-order valence-corrected chi connectivity index (χ2v) is 10.7.